The Morgan fingerprint density at radius 2 is 2.10 bits per heavy atom. The van der Waals surface area contributed by atoms with Gasteiger partial charge in [-0.2, -0.15) is 0 Å². The molecule has 0 aliphatic heterocycles. The SMILES string of the molecule is O=S(=O)(CCCNC1CC1)Nc1cccc2ccncc12. The first-order chi connectivity index (χ1) is 10.1. The smallest absolute Gasteiger partial charge is 0.232 e. The van der Waals surface area contributed by atoms with Crippen LogP contribution < -0.4 is 10.0 Å². The number of hydrogen-bond acceptors (Lipinski definition) is 4. The molecule has 6 heteroatoms. The molecular formula is C15H19N3O2S. The summed E-state index contributed by atoms with van der Waals surface area (Å²) in [6, 6.07) is 8.03. The van der Waals surface area contributed by atoms with Crippen LogP contribution in [0.15, 0.2) is 36.7 Å². The van der Waals surface area contributed by atoms with E-state index in [2.05, 4.69) is 15.0 Å². The van der Waals surface area contributed by atoms with E-state index in [9.17, 15) is 8.42 Å². The maximum atomic E-state index is 12.1. The Morgan fingerprint density at radius 3 is 2.90 bits per heavy atom. The predicted octanol–water partition coefficient (Wildman–Crippen LogP) is 2.12. The summed E-state index contributed by atoms with van der Waals surface area (Å²) in [4.78, 5) is 4.06. The summed E-state index contributed by atoms with van der Waals surface area (Å²) in [7, 11) is -3.32. The van der Waals surface area contributed by atoms with E-state index in [0.29, 0.717) is 18.2 Å². The van der Waals surface area contributed by atoms with Gasteiger partial charge in [0.15, 0.2) is 0 Å². The lowest BCUT2D eigenvalue weighted by atomic mass is 10.1. The van der Waals surface area contributed by atoms with Crippen molar-refractivity contribution in [3.8, 4) is 0 Å². The van der Waals surface area contributed by atoms with Gasteiger partial charge in [-0.1, -0.05) is 12.1 Å². The largest absolute Gasteiger partial charge is 0.314 e. The number of anilines is 1. The highest BCUT2D eigenvalue weighted by molar-refractivity contribution is 7.92. The van der Waals surface area contributed by atoms with Crippen LogP contribution >= 0.6 is 0 Å². The number of hydrogen-bond donors (Lipinski definition) is 2. The molecule has 1 aliphatic carbocycles. The number of rotatable bonds is 7. The lowest BCUT2D eigenvalue weighted by molar-refractivity contribution is 0.593. The van der Waals surface area contributed by atoms with Crippen LogP contribution in [0.5, 0.6) is 0 Å². The summed E-state index contributed by atoms with van der Waals surface area (Å²) in [6.45, 7) is 0.753. The number of aromatic nitrogens is 1. The second-order valence-electron chi connectivity index (χ2n) is 5.41. The molecule has 0 bridgehead atoms. The molecule has 1 aromatic carbocycles. The zero-order valence-corrected chi connectivity index (χ0v) is 12.6. The van der Waals surface area contributed by atoms with Gasteiger partial charge in [-0.3, -0.25) is 9.71 Å². The Hall–Kier alpha value is -1.66. The van der Waals surface area contributed by atoms with E-state index in [4.69, 9.17) is 0 Å². The minimum Gasteiger partial charge on any atom is -0.314 e. The van der Waals surface area contributed by atoms with Crippen LogP contribution in [0.25, 0.3) is 10.8 Å². The highest BCUT2D eigenvalue weighted by Gasteiger charge is 2.20. The number of pyridine rings is 1. The maximum Gasteiger partial charge on any atom is 0.232 e. The molecule has 0 radical (unpaired) electrons. The van der Waals surface area contributed by atoms with E-state index in [0.717, 1.165) is 17.3 Å². The van der Waals surface area contributed by atoms with Crippen molar-refractivity contribution in [3.63, 3.8) is 0 Å². The van der Waals surface area contributed by atoms with Crippen molar-refractivity contribution in [2.75, 3.05) is 17.0 Å². The molecule has 1 aromatic heterocycles. The molecule has 0 amide bonds. The van der Waals surface area contributed by atoms with E-state index in [1.165, 1.54) is 12.8 Å². The van der Waals surface area contributed by atoms with Crippen LogP contribution in [-0.4, -0.2) is 31.7 Å². The van der Waals surface area contributed by atoms with Crippen molar-refractivity contribution < 1.29 is 8.42 Å². The average Bonchev–Trinajstić information content (AvgIpc) is 3.28. The van der Waals surface area contributed by atoms with Crippen molar-refractivity contribution in [2.24, 2.45) is 0 Å². The van der Waals surface area contributed by atoms with E-state index < -0.39 is 10.0 Å². The molecule has 0 saturated heterocycles. The number of nitrogens with zero attached hydrogens (tertiary/aromatic N) is 1. The highest BCUT2D eigenvalue weighted by atomic mass is 32.2. The molecule has 1 saturated carbocycles. The van der Waals surface area contributed by atoms with Crippen LogP contribution in [0.4, 0.5) is 5.69 Å². The Balaban J connectivity index is 1.65. The third kappa shape index (κ3) is 3.92. The second kappa shape index (κ2) is 5.99. The van der Waals surface area contributed by atoms with E-state index in [1.807, 2.05) is 18.2 Å². The summed E-state index contributed by atoms with van der Waals surface area (Å²) >= 11 is 0. The minimum atomic E-state index is -3.32. The first kappa shape index (κ1) is 14.3. The third-order valence-electron chi connectivity index (χ3n) is 3.55. The van der Waals surface area contributed by atoms with Gasteiger partial charge in [0.2, 0.25) is 10.0 Å². The minimum absolute atomic E-state index is 0.128. The van der Waals surface area contributed by atoms with Crippen molar-refractivity contribution in [3.05, 3.63) is 36.7 Å². The van der Waals surface area contributed by atoms with E-state index in [-0.39, 0.29) is 5.75 Å². The fourth-order valence-corrected chi connectivity index (χ4v) is 3.42. The molecule has 0 spiro atoms. The van der Waals surface area contributed by atoms with Gasteiger partial charge in [-0.15, -0.1) is 0 Å². The van der Waals surface area contributed by atoms with Crippen molar-refractivity contribution >= 4 is 26.5 Å². The van der Waals surface area contributed by atoms with Gasteiger partial charge in [-0.25, -0.2) is 8.42 Å². The number of nitrogens with one attached hydrogen (secondary N) is 2. The topological polar surface area (TPSA) is 71.1 Å². The molecular weight excluding hydrogens is 286 g/mol. The Labute approximate surface area is 124 Å². The zero-order valence-electron chi connectivity index (χ0n) is 11.7. The molecule has 3 rings (SSSR count). The quantitative estimate of drug-likeness (QED) is 0.769. The predicted molar refractivity (Wildman–Crippen MR) is 84.8 cm³/mol. The number of fused-ring (bicyclic) bond motifs is 1. The molecule has 2 N–H and O–H groups in total. The number of sulfonamides is 1. The van der Waals surface area contributed by atoms with Crippen LogP contribution in [0.1, 0.15) is 19.3 Å². The Morgan fingerprint density at radius 1 is 1.24 bits per heavy atom. The fraction of sp³-hybridized carbons (Fsp3) is 0.400. The molecule has 0 unspecified atom stereocenters. The van der Waals surface area contributed by atoms with Gasteiger partial charge < -0.3 is 5.32 Å². The molecule has 5 nitrogen and oxygen atoms in total. The van der Waals surface area contributed by atoms with E-state index in [1.54, 1.807) is 18.5 Å². The van der Waals surface area contributed by atoms with Crippen molar-refractivity contribution in [1.29, 1.82) is 0 Å². The zero-order chi connectivity index (χ0) is 14.7. The number of benzene rings is 1. The summed E-state index contributed by atoms with van der Waals surface area (Å²) < 4.78 is 27.0. The molecule has 112 valence electrons. The van der Waals surface area contributed by atoms with E-state index >= 15 is 0 Å². The van der Waals surface area contributed by atoms with Crippen LogP contribution in [0.2, 0.25) is 0 Å². The molecule has 1 aliphatic rings. The van der Waals surface area contributed by atoms with Gasteiger partial charge in [-0.05, 0) is 43.3 Å². The standard InChI is InChI=1S/C15H19N3O2S/c19-21(20,10-2-8-17-13-5-6-13)18-15-4-1-3-12-7-9-16-11-14(12)15/h1,3-4,7,9,11,13,17-18H,2,5-6,8,10H2. The summed E-state index contributed by atoms with van der Waals surface area (Å²) in [5.41, 5.74) is 0.593. The lowest BCUT2D eigenvalue weighted by Crippen LogP contribution is -2.23. The van der Waals surface area contributed by atoms with Crippen LogP contribution in [0, 0.1) is 0 Å². The second-order valence-corrected chi connectivity index (χ2v) is 7.25. The third-order valence-corrected chi connectivity index (χ3v) is 4.91. The molecule has 2 aromatic rings. The fourth-order valence-electron chi connectivity index (χ4n) is 2.28. The first-order valence-electron chi connectivity index (χ1n) is 7.21. The molecule has 0 atom stereocenters. The maximum absolute atomic E-state index is 12.1. The molecule has 21 heavy (non-hydrogen) atoms. The van der Waals surface area contributed by atoms with Crippen LogP contribution in [0.3, 0.4) is 0 Å². The highest BCUT2D eigenvalue weighted by Crippen LogP contribution is 2.23. The van der Waals surface area contributed by atoms with Gasteiger partial charge in [0.05, 0.1) is 11.4 Å². The first-order valence-corrected chi connectivity index (χ1v) is 8.86. The molecule has 1 fully saturated rings. The van der Waals surface area contributed by atoms with Gasteiger partial charge in [0, 0.05) is 23.8 Å². The van der Waals surface area contributed by atoms with Crippen LogP contribution in [-0.2, 0) is 10.0 Å². The average molecular weight is 305 g/mol. The van der Waals surface area contributed by atoms with Gasteiger partial charge in [0.25, 0.3) is 0 Å². The Bertz CT molecular complexity index is 721. The monoisotopic (exact) mass is 305 g/mol. The Kier molecular flexibility index (Phi) is 4.07. The van der Waals surface area contributed by atoms with Gasteiger partial charge in [0.1, 0.15) is 0 Å². The molecule has 1 heterocycles. The van der Waals surface area contributed by atoms with Crippen molar-refractivity contribution in [1.82, 2.24) is 10.3 Å². The summed E-state index contributed by atoms with van der Waals surface area (Å²) in [6.07, 6.45) is 6.43. The summed E-state index contributed by atoms with van der Waals surface area (Å²) in [5, 5.41) is 5.11. The van der Waals surface area contributed by atoms with Crippen molar-refractivity contribution in [2.45, 2.75) is 25.3 Å². The lowest BCUT2D eigenvalue weighted by Gasteiger charge is -2.10. The normalized spacial score (nSPS) is 15.2. The van der Waals surface area contributed by atoms with Gasteiger partial charge >= 0.3 is 0 Å². The summed E-state index contributed by atoms with van der Waals surface area (Å²) in [5.74, 6) is 0.128.